The number of hydrogen-bond acceptors (Lipinski definition) is 5. The maximum Gasteiger partial charge on any atom is 0.308 e. The Morgan fingerprint density at radius 1 is 1.00 bits per heavy atom. The van der Waals surface area contributed by atoms with Crippen molar-refractivity contribution in [2.24, 2.45) is 11.8 Å². The van der Waals surface area contributed by atoms with E-state index in [0.717, 1.165) is 25.7 Å². The molecular weight excluding hydrogens is 300 g/mol. The number of carboxylic acid groups (broad SMARTS) is 1. The average molecular weight is 332 g/mol. The summed E-state index contributed by atoms with van der Waals surface area (Å²) in [5.74, 6) is -1.54. The number of carbonyl (C=O) groups excluding carboxylic acids is 1. The van der Waals surface area contributed by atoms with Crippen molar-refractivity contribution in [3.63, 3.8) is 0 Å². The third-order valence-electron chi connectivity index (χ3n) is 3.95. The van der Waals surface area contributed by atoms with Crippen molar-refractivity contribution in [2.45, 2.75) is 64.7 Å². The molecule has 0 saturated heterocycles. The minimum absolute atomic E-state index is 0.125. The van der Waals surface area contributed by atoms with Gasteiger partial charge in [-0.2, -0.15) is 0 Å². The van der Waals surface area contributed by atoms with E-state index in [1.165, 1.54) is 19.3 Å². The van der Waals surface area contributed by atoms with E-state index in [1.807, 2.05) is 0 Å². The zero-order valence-electron chi connectivity index (χ0n) is 14.2. The van der Waals surface area contributed by atoms with Crippen LogP contribution in [0.15, 0.2) is 0 Å². The Morgan fingerprint density at radius 3 is 2.17 bits per heavy atom. The fourth-order valence-electron chi connectivity index (χ4n) is 2.62. The highest BCUT2D eigenvalue weighted by atomic mass is 16.5. The van der Waals surface area contributed by atoms with Crippen molar-refractivity contribution in [3.05, 3.63) is 0 Å². The molecule has 2 atom stereocenters. The molecule has 0 aromatic rings. The van der Waals surface area contributed by atoms with E-state index in [4.69, 9.17) is 20.1 Å². The highest BCUT2D eigenvalue weighted by Crippen LogP contribution is 2.30. The molecule has 6 heteroatoms. The number of unbranched alkanes of at least 4 members (excludes halogenated alkanes) is 4. The summed E-state index contributed by atoms with van der Waals surface area (Å²) in [6.07, 6.45) is 8.38. The number of rotatable bonds is 9. The van der Waals surface area contributed by atoms with E-state index in [1.54, 1.807) is 0 Å². The molecule has 6 nitrogen and oxygen atoms in total. The lowest BCUT2D eigenvalue weighted by molar-refractivity contribution is -0.152. The summed E-state index contributed by atoms with van der Waals surface area (Å²) in [6, 6.07) is 0. The highest BCUT2D eigenvalue weighted by molar-refractivity contribution is 5.75. The van der Waals surface area contributed by atoms with Crippen LogP contribution >= 0.6 is 0 Å². The molecule has 1 saturated carbocycles. The lowest BCUT2D eigenvalue weighted by Gasteiger charge is -2.25. The minimum Gasteiger partial charge on any atom is -0.481 e. The summed E-state index contributed by atoms with van der Waals surface area (Å²) in [5.41, 5.74) is 0. The number of aliphatic hydroxyl groups excluding tert-OH is 2. The number of ether oxygens (including phenoxy) is 1. The van der Waals surface area contributed by atoms with Gasteiger partial charge >= 0.3 is 11.9 Å². The second-order valence-electron chi connectivity index (χ2n) is 5.93. The first kappa shape index (κ1) is 21.9. The van der Waals surface area contributed by atoms with Gasteiger partial charge in [0.15, 0.2) is 0 Å². The lowest BCUT2D eigenvalue weighted by Crippen LogP contribution is -2.28. The number of carboxylic acids is 1. The van der Waals surface area contributed by atoms with Crippen LogP contribution in [-0.2, 0) is 14.3 Å². The number of esters is 1. The molecule has 0 spiro atoms. The fraction of sp³-hybridized carbons (Fsp3) is 0.882. The number of aliphatic hydroxyl groups is 2. The minimum atomic E-state index is -0.780. The predicted molar refractivity (Wildman–Crippen MR) is 87.0 cm³/mol. The Hall–Kier alpha value is -1.14. The van der Waals surface area contributed by atoms with E-state index < -0.39 is 5.97 Å². The van der Waals surface area contributed by atoms with Crippen LogP contribution in [0, 0.1) is 11.8 Å². The Kier molecular flexibility index (Phi) is 13.7. The molecule has 0 heterocycles. The van der Waals surface area contributed by atoms with E-state index >= 15 is 0 Å². The monoisotopic (exact) mass is 332 g/mol. The smallest absolute Gasteiger partial charge is 0.308 e. The van der Waals surface area contributed by atoms with Gasteiger partial charge in [-0.15, -0.1) is 0 Å². The number of carbonyl (C=O) groups is 2. The van der Waals surface area contributed by atoms with Gasteiger partial charge in [-0.05, 0) is 25.7 Å². The van der Waals surface area contributed by atoms with Gasteiger partial charge in [-0.3, -0.25) is 9.59 Å². The van der Waals surface area contributed by atoms with Crippen molar-refractivity contribution in [1.82, 2.24) is 0 Å². The number of aliphatic carboxylic acids is 1. The van der Waals surface area contributed by atoms with E-state index in [0.29, 0.717) is 19.4 Å². The normalized spacial score (nSPS) is 20.3. The van der Waals surface area contributed by atoms with E-state index in [2.05, 4.69) is 6.92 Å². The highest BCUT2D eigenvalue weighted by Gasteiger charge is 2.31. The zero-order valence-corrected chi connectivity index (χ0v) is 14.2. The van der Waals surface area contributed by atoms with Gasteiger partial charge in [0.1, 0.15) is 0 Å². The standard InChI is InChI=1S/C15H26O4.C2H6O2/c1-2-3-4-5-6-10-19-15(18)13-9-7-8-12(11-13)14(16)17;3-1-2-4/h12-13H,2-11H2,1H3,(H,16,17);3-4H,1-2H2. The molecule has 0 bridgehead atoms. The molecule has 1 aliphatic rings. The molecule has 0 radical (unpaired) electrons. The first-order chi connectivity index (χ1) is 11.1. The van der Waals surface area contributed by atoms with Crippen molar-refractivity contribution < 1.29 is 29.6 Å². The van der Waals surface area contributed by atoms with Gasteiger partial charge in [0.2, 0.25) is 0 Å². The fourth-order valence-corrected chi connectivity index (χ4v) is 2.62. The first-order valence-corrected chi connectivity index (χ1v) is 8.67. The molecule has 0 aromatic carbocycles. The topological polar surface area (TPSA) is 104 Å². The molecule has 0 aromatic heterocycles. The molecule has 3 N–H and O–H groups in total. The second kappa shape index (κ2) is 14.5. The quantitative estimate of drug-likeness (QED) is 0.442. The Balaban J connectivity index is 0.00000108. The second-order valence-corrected chi connectivity index (χ2v) is 5.93. The van der Waals surface area contributed by atoms with Gasteiger partial charge in [-0.25, -0.2) is 0 Å². The van der Waals surface area contributed by atoms with Crippen molar-refractivity contribution in [1.29, 1.82) is 0 Å². The van der Waals surface area contributed by atoms with Gasteiger partial charge in [0.05, 0.1) is 31.7 Å². The molecule has 2 unspecified atom stereocenters. The Bertz CT molecular complexity index is 316. The molecular formula is C17H32O6. The summed E-state index contributed by atoms with van der Waals surface area (Å²) in [6.45, 7) is 2.40. The average Bonchev–Trinajstić information content (AvgIpc) is 2.58. The first-order valence-electron chi connectivity index (χ1n) is 8.67. The molecule has 0 aliphatic heterocycles. The Labute approximate surface area is 138 Å². The molecule has 23 heavy (non-hydrogen) atoms. The van der Waals surface area contributed by atoms with Crippen LogP contribution in [0.3, 0.4) is 0 Å². The maximum absolute atomic E-state index is 11.8. The number of hydrogen-bond donors (Lipinski definition) is 3. The van der Waals surface area contributed by atoms with Gasteiger partial charge in [-0.1, -0.05) is 39.0 Å². The molecule has 1 rings (SSSR count). The van der Waals surface area contributed by atoms with Crippen LogP contribution in [0.5, 0.6) is 0 Å². The molecule has 136 valence electrons. The summed E-state index contributed by atoms with van der Waals surface area (Å²) in [5, 5.41) is 24.2. The predicted octanol–water partition coefficient (Wildman–Crippen LogP) is 2.36. The maximum atomic E-state index is 11.8. The molecule has 1 aliphatic carbocycles. The largest absolute Gasteiger partial charge is 0.481 e. The summed E-state index contributed by atoms with van der Waals surface area (Å²) in [4.78, 5) is 22.8. The third kappa shape index (κ3) is 11.1. The van der Waals surface area contributed by atoms with Gasteiger partial charge in [0.25, 0.3) is 0 Å². The summed E-state index contributed by atoms with van der Waals surface area (Å²) < 4.78 is 5.26. The zero-order chi connectivity index (χ0) is 17.5. The summed E-state index contributed by atoms with van der Waals surface area (Å²) >= 11 is 0. The van der Waals surface area contributed by atoms with Crippen LogP contribution in [0.25, 0.3) is 0 Å². The van der Waals surface area contributed by atoms with Crippen LogP contribution in [-0.4, -0.2) is 47.1 Å². The van der Waals surface area contributed by atoms with Crippen LogP contribution in [0.4, 0.5) is 0 Å². The van der Waals surface area contributed by atoms with Crippen LogP contribution in [0.2, 0.25) is 0 Å². The Morgan fingerprint density at radius 2 is 1.61 bits per heavy atom. The lowest BCUT2D eigenvalue weighted by atomic mass is 9.81. The van der Waals surface area contributed by atoms with Gasteiger partial charge < -0.3 is 20.1 Å². The van der Waals surface area contributed by atoms with Crippen LogP contribution < -0.4 is 0 Å². The van der Waals surface area contributed by atoms with E-state index in [-0.39, 0.29) is 31.0 Å². The van der Waals surface area contributed by atoms with Crippen molar-refractivity contribution in [2.75, 3.05) is 19.8 Å². The third-order valence-corrected chi connectivity index (χ3v) is 3.95. The van der Waals surface area contributed by atoms with Crippen molar-refractivity contribution in [3.8, 4) is 0 Å². The summed E-state index contributed by atoms with van der Waals surface area (Å²) in [7, 11) is 0. The van der Waals surface area contributed by atoms with Crippen molar-refractivity contribution >= 4 is 11.9 Å². The van der Waals surface area contributed by atoms with E-state index in [9.17, 15) is 9.59 Å². The van der Waals surface area contributed by atoms with Gasteiger partial charge in [0, 0.05) is 0 Å². The molecule has 1 fully saturated rings. The van der Waals surface area contributed by atoms with Crippen LogP contribution in [0.1, 0.15) is 64.7 Å². The molecule has 0 amide bonds. The SMILES string of the molecule is CCCCCCCOC(=O)C1CCCC(C(=O)O)C1.OCCO.